The molecule has 0 aromatic heterocycles. The van der Waals surface area contributed by atoms with Crippen molar-refractivity contribution in [3.05, 3.63) is 59.2 Å². The normalized spacial score (nSPS) is 16.2. The molecule has 1 atom stereocenters. The SMILES string of the molecule is COc1cc2c3c(c4cc(OC)c(OC)cc4c2cc1OC)CN1CCCC1C3.O=C(O)c1cc(S(=O)(=O)O)ccc1O. The predicted octanol–water partition coefficient (Wildman–Crippen LogP) is 4.89. The minimum absolute atomic E-state index is 0.565. The quantitative estimate of drug-likeness (QED) is 0.202. The van der Waals surface area contributed by atoms with Gasteiger partial charge in [0, 0.05) is 12.6 Å². The van der Waals surface area contributed by atoms with Gasteiger partial charge in [-0.1, -0.05) is 0 Å². The molecule has 3 N–H and O–H groups in total. The van der Waals surface area contributed by atoms with Crippen LogP contribution < -0.4 is 18.9 Å². The van der Waals surface area contributed by atoms with Gasteiger partial charge in [0.2, 0.25) is 0 Å². The number of carboxylic acid groups (broad SMARTS) is 1. The number of benzene rings is 4. The van der Waals surface area contributed by atoms with Gasteiger partial charge in [0.15, 0.2) is 23.0 Å². The van der Waals surface area contributed by atoms with E-state index < -0.39 is 32.3 Å². The van der Waals surface area contributed by atoms with Crippen molar-refractivity contribution >= 4 is 37.6 Å². The molecule has 0 radical (unpaired) electrons. The Morgan fingerprint density at radius 2 is 1.33 bits per heavy atom. The number of methoxy groups -OCH3 is 4. The van der Waals surface area contributed by atoms with E-state index in [1.807, 2.05) is 0 Å². The lowest BCUT2D eigenvalue weighted by Crippen LogP contribution is -2.35. The zero-order valence-electron chi connectivity index (χ0n) is 24.2. The number of carboxylic acids is 1. The van der Waals surface area contributed by atoms with Gasteiger partial charge in [-0.3, -0.25) is 9.45 Å². The fourth-order valence-corrected chi connectivity index (χ4v) is 6.57. The van der Waals surface area contributed by atoms with E-state index in [9.17, 15) is 13.2 Å². The Hall–Kier alpha value is -4.26. The predicted molar refractivity (Wildman–Crippen MR) is 160 cm³/mol. The van der Waals surface area contributed by atoms with Gasteiger partial charge in [-0.2, -0.15) is 8.42 Å². The molecule has 1 fully saturated rings. The number of aromatic carboxylic acids is 1. The Kier molecular flexibility index (Phi) is 8.28. The van der Waals surface area contributed by atoms with Crippen molar-refractivity contribution in [2.75, 3.05) is 35.0 Å². The number of hydrogen-bond donors (Lipinski definition) is 3. The average Bonchev–Trinajstić information content (AvgIpc) is 3.46. The molecule has 12 heteroatoms. The van der Waals surface area contributed by atoms with Crippen LogP contribution in [0.15, 0.2) is 47.4 Å². The summed E-state index contributed by atoms with van der Waals surface area (Å²) in [4.78, 5) is 12.5. The van der Waals surface area contributed by atoms with Crippen molar-refractivity contribution in [3.8, 4) is 28.7 Å². The van der Waals surface area contributed by atoms with Gasteiger partial charge in [0.05, 0.1) is 33.3 Å². The molecule has 11 nitrogen and oxygen atoms in total. The first-order valence-corrected chi connectivity index (χ1v) is 15.0. The molecule has 0 amide bonds. The zero-order valence-corrected chi connectivity index (χ0v) is 25.0. The minimum atomic E-state index is -4.45. The van der Waals surface area contributed by atoms with Crippen LogP contribution in [0.2, 0.25) is 0 Å². The zero-order chi connectivity index (χ0) is 31.1. The third-order valence-electron chi connectivity index (χ3n) is 8.15. The number of aromatic hydroxyl groups is 1. The smallest absolute Gasteiger partial charge is 0.339 e. The number of nitrogens with zero attached hydrogens (tertiary/aromatic N) is 1. The van der Waals surface area contributed by atoms with Crippen molar-refractivity contribution in [1.82, 2.24) is 4.90 Å². The maximum Gasteiger partial charge on any atom is 0.339 e. The van der Waals surface area contributed by atoms with Crippen LogP contribution in [-0.2, 0) is 23.1 Å². The van der Waals surface area contributed by atoms with E-state index in [4.69, 9.17) is 33.7 Å². The van der Waals surface area contributed by atoms with Crippen LogP contribution in [0.4, 0.5) is 0 Å². The van der Waals surface area contributed by atoms with E-state index in [0.717, 1.165) is 53.5 Å². The topological polar surface area (TPSA) is 152 Å². The number of fused-ring (bicyclic) bond motifs is 7. The molecule has 0 aliphatic carbocycles. The second-order valence-electron chi connectivity index (χ2n) is 10.4. The van der Waals surface area contributed by atoms with Crippen LogP contribution in [0.5, 0.6) is 28.7 Å². The Labute approximate surface area is 248 Å². The van der Waals surface area contributed by atoms with E-state index >= 15 is 0 Å². The molecule has 2 heterocycles. The molecule has 6 rings (SSSR count). The first-order chi connectivity index (χ1) is 20.5. The third kappa shape index (κ3) is 5.61. The summed E-state index contributed by atoms with van der Waals surface area (Å²) >= 11 is 0. The van der Waals surface area contributed by atoms with Crippen LogP contribution in [0.1, 0.15) is 34.3 Å². The summed E-state index contributed by atoms with van der Waals surface area (Å²) in [6, 6.07) is 11.6. The average molecular weight is 612 g/mol. The fraction of sp³-hybridized carbons (Fsp3) is 0.323. The Bertz CT molecular complexity index is 1750. The summed E-state index contributed by atoms with van der Waals surface area (Å²) < 4.78 is 52.3. The number of ether oxygens (including phenoxy) is 4. The standard InChI is InChI=1S/C24H27NO4.C7H6O6S/c1-26-21-9-16-15-8-14-6-5-7-25(14)13-20(15)19-12-24(29-4)23(28-3)11-18(19)17(16)10-22(21)27-2;8-6-2-1-4(14(11,12)13)3-5(6)7(9)10/h9-12,14H,5-8,13H2,1-4H3;1-3,8H,(H,9,10)(H,11,12,13). The lowest BCUT2D eigenvalue weighted by molar-refractivity contribution is 0.0693. The van der Waals surface area contributed by atoms with Crippen molar-refractivity contribution in [1.29, 1.82) is 0 Å². The molecule has 43 heavy (non-hydrogen) atoms. The molecule has 0 spiro atoms. The molecule has 1 saturated heterocycles. The van der Waals surface area contributed by atoms with E-state index in [-0.39, 0.29) is 0 Å². The van der Waals surface area contributed by atoms with Crippen LogP contribution in [0.3, 0.4) is 0 Å². The van der Waals surface area contributed by atoms with Crippen molar-refractivity contribution in [2.24, 2.45) is 0 Å². The number of phenols is 1. The Balaban J connectivity index is 0.000000222. The second-order valence-corrected chi connectivity index (χ2v) is 11.8. The number of rotatable bonds is 6. The van der Waals surface area contributed by atoms with Gasteiger partial charge in [0.1, 0.15) is 11.3 Å². The van der Waals surface area contributed by atoms with Crippen LogP contribution in [0.25, 0.3) is 21.5 Å². The van der Waals surface area contributed by atoms with E-state index in [1.165, 1.54) is 46.7 Å². The van der Waals surface area contributed by atoms with Crippen molar-refractivity contribution in [2.45, 2.75) is 36.7 Å². The molecule has 0 saturated carbocycles. The molecule has 0 bridgehead atoms. The maximum absolute atomic E-state index is 10.6. The molecule has 228 valence electrons. The summed E-state index contributed by atoms with van der Waals surface area (Å²) in [6.45, 7) is 2.17. The molecule has 4 aromatic carbocycles. The van der Waals surface area contributed by atoms with Gasteiger partial charge in [0.25, 0.3) is 10.1 Å². The summed E-state index contributed by atoms with van der Waals surface area (Å²) in [7, 11) is 2.31. The third-order valence-corrected chi connectivity index (χ3v) is 9.00. The summed E-state index contributed by atoms with van der Waals surface area (Å²) in [5.41, 5.74) is 2.25. The van der Waals surface area contributed by atoms with Gasteiger partial charge < -0.3 is 29.2 Å². The Morgan fingerprint density at radius 3 is 1.81 bits per heavy atom. The minimum Gasteiger partial charge on any atom is -0.507 e. The fourth-order valence-electron chi connectivity index (χ4n) is 6.06. The lowest BCUT2D eigenvalue weighted by Gasteiger charge is -2.33. The molecular formula is C31H33NO10S. The van der Waals surface area contributed by atoms with E-state index in [0.29, 0.717) is 12.1 Å². The maximum atomic E-state index is 10.6. The van der Waals surface area contributed by atoms with Gasteiger partial charge in [-0.05, 0) is 101 Å². The number of carbonyl (C=O) groups is 1. The first kappa shape index (κ1) is 30.2. The molecular weight excluding hydrogens is 578 g/mol. The van der Waals surface area contributed by atoms with Gasteiger partial charge in [-0.15, -0.1) is 0 Å². The summed E-state index contributed by atoms with van der Waals surface area (Å²) in [6.07, 6.45) is 3.63. The highest BCUT2D eigenvalue weighted by atomic mass is 32.2. The number of hydrogen-bond acceptors (Lipinski definition) is 9. The monoisotopic (exact) mass is 611 g/mol. The summed E-state index contributed by atoms with van der Waals surface area (Å²) in [5.74, 6) is 0.986. The highest BCUT2D eigenvalue weighted by molar-refractivity contribution is 7.85. The van der Waals surface area contributed by atoms with E-state index in [1.54, 1.807) is 28.4 Å². The first-order valence-electron chi connectivity index (χ1n) is 13.5. The highest BCUT2D eigenvalue weighted by Gasteiger charge is 2.33. The molecule has 1 unspecified atom stereocenters. The van der Waals surface area contributed by atoms with Crippen molar-refractivity contribution < 1.29 is 46.9 Å². The summed E-state index contributed by atoms with van der Waals surface area (Å²) in [5, 5.41) is 22.4. The molecule has 4 aromatic rings. The largest absolute Gasteiger partial charge is 0.507 e. The van der Waals surface area contributed by atoms with Crippen molar-refractivity contribution in [3.63, 3.8) is 0 Å². The van der Waals surface area contributed by atoms with Crippen LogP contribution >= 0.6 is 0 Å². The molecule has 2 aliphatic heterocycles. The van der Waals surface area contributed by atoms with Crippen LogP contribution in [0, 0.1) is 0 Å². The lowest BCUT2D eigenvalue weighted by atomic mass is 9.85. The van der Waals surface area contributed by atoms with Crippen LogP contribution in [-0.4, -0.2) is 75.1 Å². The van der Waals surface area contributed by atoms with Gasteiger partial charge >= 0.3 is 5.97 Å². The second kappa shape index (κ2) is 11.8. The Morgan fingerprint density at radius 1 is 0.814 bits per heavy atom. The van der Waals surface area contributed by atoms with Gasteiger partial charge in [-0.25, -0.2) is 4.79 Å². The molecule has 2 aliphatic rings. The van der Waals surface area contributed by atoms with E-state index in [2.05, 4.69) is 29.2 Å². The highest BCUT2D eigenvalue weighted by Crippen LogP contribution is 2.46.